The van der Waals surface area contributed by atoms with E-state index < -0.39 is 29.8 Å². The third-order valence-corrected chi connectivity index (χ3v) is 6.92. The van der Waals surface area contributed by atoms with Crippen molar-refractivity contribution < 1.29 is 28.2 Å². The second kappa shape index (κ2) is 10.5. The molecule has 0 radical (unpaired) electrons. The molecule has 1 N–H and O–H groups in total. The van der Waals surface area contributed by atoms with Crippen LogP contribution < -0.4 is 9.80 Å². The van der Waals surface area contributed by atoms with Crippen LogP contribution in [0.25, 0.3) is 10.8 Å². The zero-order chi connectivity index (χ0) is 26.1. The molecule has 1 aliphatic heterocycles. The molecule has 0 aromatic carbocycles. The molecule has 1 unspecified atom stereocenters. The van der Waals surface area contributed by atoms with Crippen molar-refractivity contribution in [1.29, 1.82) is 0 Å². The van der Waals surface area contributed by atoms with Crippen LogP contribution in [0.15, 0.2) is 11.4 Å². The fraction of sp³-hybridized carbons (Fsp3) is 0.667. The number of carbonyl (C=O) groups is 1. The minimum Gasteiger partial charge on any atom is -0.443 e. The summed E-state index contributed by atoms with van der Waals surface area (Å²) in [4.78, 5) is 30.7. The van der Waals surface area contributed by atoms with Crippen LogP contribution >= 0.6 is 11.3 Å². The van der Waals surface area contributed by atoms with E-state index in [2.05, 4.69) is 9.97 Å². The second-order valence-corrected chi connectivity index (χ2v) is 11.1. The van der Waals surface area contributed by atoms with Gasteiger partial charge < -0.3 is 19.5 Å². The fourth-order valence-electron chi connectivity index (χ4n) is 4.20. The Morgan fingerprint density at radius 2 is 1.92 bits per heavy atom. The summed E-state index contributed by atoms with van der Waals surface area (Å²) in [7, 11) is 0. The highest BCUT2D eigenvalue weighted by atomic mass is 32.1. The molecular weight excluding hydrogens is 492 g/mol. The van der Waals surface area contributed by atoms with Gasteiger partial charge in [0.2, 0.25) is 5.92 Å². The molecule has 1 aliphatic carbocycles. The SMILES string of the molecule is CC(O)c1csc(-c2nc(N3CCOCC3)cc(N(C(=O)OC(C)(C)C)C3CCC(F)(F)CC3)n2)n1. The van der Waals surface area contributed by atoms with Gasteiger partial charge in [-0.3, -0.25) is 4.90 Å². The van der Waals surface area contributed by atoms with Crippen LogP contribution in [0.4, 0.5) is 25.2 Å². The van der Waals surface area contributed by atoms with Gasteiger partial charge in [-0.25, -0.2) is 28.5 Å². The highest BCUT2D eigenvalue weighted by Gasteiger charge is 2.40. The van der Waals surface area contributed by atoms with Crippen molar-refractivity contribution in [3.05, 3.63) is 17.1 Å². The van der Waals surface area contributed by atoms with E-state index in [9.17, 15) is 18.7 Å². The molecule has 4 rings (SSSR count). The summed E-state index contributed by atoms with van der Waals surface area (Å²) >= 11 is 1.29. The van der Waals surface area contributed by atoms with Gasteiger partial charge in [-0.1, -0.05) is 0 Å². The van der Waals surface area contributed by atoms with Crippen LogP contribution in [-0.2, 0) is 9.47 Å². The van der Waals surface area contributed by atoms with E-state index in [1.807, 2.05) is 4.90 Å². The maximum atomic E-state index is 14.0. The predicted molar refractivity (Wildman–Crippen MR) is 133 cm³/mol. The average molecular weight is 526 g/mol. The van der Waals surface area contributed by atoms with E-state index in [1.54, 1.807) is 39.1 Å². The molecule has 2 aromatic rings. The number of aliphatic hydroxyl groups is 1. The Balaban J connectivity index is 1.78. The smallest absolute Gasteiger partial charge is 0.416 e. The van der Waals surface area contributed by atoms with Crippen LogP contribution in [0, 0.1) is 0 Å². The van der Waals surface area contributed by atoms with Crippen molar-refractivity contribution in [2.24, 2.45) is 0 Å². The molecule has 9 nitrogen and oxygen atoms in total. The summed E-state index contributed by atoms with van der Waals surface area (Å²) in [5, 5.41) is 12.2. The lowest BCUT2D eigenvalue weighted by molar-refractivity contribution is -0.0388. The molecule has 36 heavy (non-hydrogen) atoms. The molecule has 3 heterocycles. The predicted octanol–water partition coefficient (Wildman–Crippen LogP) is 4.81. The highest BCUT2D eigenvalue weighted by molar-refractivity contribution is 7.13. The average Bonchev–Trinajstić information content (AvgIpc) is 3.30. The first-order valence-electron chi connectivity index (χ1n) is 12.2. The maximum Gasteiger partial charge on any atom is 0.416 e. The summed E-state index contributed by atoms with van der Waals surface area (Å²) < 4.78 is 39.1. The van der Waals surface area contributed by atoms with Crippen molar-refractivity contribution in [2.45, 2.75) is 77.0 Å². The molecule has 2 aliphatic rings. The topological polar surface area (TPSA) is 101 Å². The number of amides is 1. The number of anilines is 2. The van der Waals surface area contributed by atoms with Crippen molar-refractivity contribution in [2.75, 3.05) is 36.1 Å². The Morgan fingerprint density at radius 1 is 1.25 bits per heavy atom. The lowest BCUT2D eigenvalue weighted by Gasteiger charge is -2.37. The fourth-order valence-corrected chi connectivity index (χ4v) is 5.04. The number of alkyl halides is 2. The molecule has 0 spiro atoms. The maximum absolute atomic E-state index is 14.0. The van der Waals surface area contributed by atoms with Crippen LogP contribution in [0.2, 0.25) is 0 Å². The normalized spacial score (nSPS) is 19.7. The summed E-state index contributed by atoms with van der Waals surface area (Å²) in [5.41, 5.74) is -0.284. The Morgan fingerprint density at radius 3 is 2.50 bits per heavy atom. The monoisotopic (exact) mass is 525 g/mol. The number of morpholine rings is 1. The Kier molecular flexibility index (Phi) is 7.77. The van der Waals surface area contributed by atoms with E-state index in [4.69, 9.17) is 14.5 Å². The minimum absolute atomic E-state index is 0.127. The van der Waals surface area contributed by atoms with E-state index in [0.717, 1.165) is 0 Å². The number of nitrogens with zero attached hydrogens (tertiary/aromatic N) is 5. The third kappa shape index (κ3) is 6.46. The summed E-state index contributed by atoms with van der Waals surface area (Å²) in [6.45, 7) is 9.18. The largest absolute Gasteiger partial charge is 0.443 e. The van der Waals surface area contributed by atoms with Crippen LogP contribution in [0.5, 0.6) is 0 Å². The van der Waals surface area contributed by atoms with Gasteiger partial charge in [0.1, 0.15) is 17.2 Å². The summed E-state index contributed by atoms with van der Waals surface area (Å²) in [5.74, 6) is -1.59. The molecule has 1 amide bonds. The van der Waals surface area contributed by atoms with Gasteiger partial charge in [-0.2, -0.15) is 0 Å². The van der Waals surface area contributed by atoms with Gasteiger partial charge in [0, 0.05) is 43.4 Å². The molecule has 1 saturated carbocycles. The lowest BCUT2D eigenvalue weighted by atomic mass is 9.91. The number of aliphatic hydroxyl groups excluding tert-OH is 1. The second-order valence-electron chi connectivity index (χ2n) is 10.2. The lowest BCUT2D eigenvalue weighted by Crippen LogP contribution is -2.47. The van der Waals surface area contributed by atoms with E-state index in [1.165, 1.54) is 16.2 Å². The molecule has 198 valence electrons. The van der Waals surface area contributed by atoms with Crippen molar-refractivity contribution >= 4 is 29.1 Å². The van der Waals surface area contributed by atoms with Gasteiger partial charge in [0.05, 0.1) is 25.0 Å². The zero-order valence-electron chi connectivity index (χ0n) is 21.0. The molecule has 1 atom stereocenters. The van der Waals surface area contributed by atoms with Crippen molar-refractivity contribution in [3.8, 4) is 10.8 Å². The van der Waals surface area contributed by atoms with Gasteiger partial charge in [-0.15, -0.1) is 11.3 Å². The Bertz CT molecular complexity index is 1060. The number of carbonyl (C=O) groups excluding carboxylic acids is 1. The highest BCUT2D eigenvalue weighted by Crippen LogP contribution is 2.38. The molecule has 1 saturated heterocycles. The number of hydrogen-bond donors (Lipinski definition) is 1. The van der Waals surface area contributed by atoms with E-state index >= 15 is 0 Å². The number of hydrogen-bond acceptors (Lipinski definition) is 9. The Hall–Kier alpha value is -2.44. The molecule has 0 bridgehead atoms. The van der Waals surface area contributed by atoms with Crippen molar-refractivity contribution in [3.63, 3.8) is 0 Å². The van der Waals surface area contributed by atoms with Crippen molar-refractivity contribution in [1.82, 2.24) is 15.0 Å². The molecule has 2 fully saturated rings. The number of thiazole rings is 1. The van der Waals surface area contributed by atoms with Gasteiger partial charge in [0.15, 0.2) is 10.8 Å². The molecular formula is C24H33F2N5O4S. The van der Waals surface area contributed by atoms with Crippen LogP contribution in [0.1, 0.15) is 65.2 Å². The molecule has 12 heteroatoms. The number of aromatic nitrogens is 3. The van der Waals surface area contributed by atoms with Crippen LogP contribution in [0.3, 0.4) is 0 Å². The third-order valence-electron chi connectivity index (χ3n) is 6.06. The number of ether oxygens (including phenoxy) is 2. The zero-order valence-corrected chi connectivity index (χ0v) is 21.9. The number of rotatable bonds is 5. The van der Waals surface area contributed by atoms with E-state index in [0.29, 0.717) is 48.6 Å². The van der Waals surface area contributed by atoms with E-state index in [-0.39, 0.29) is 31.5 Å². The van der Waals surface area contributed by atoms with Gasteiger partial charge in [-0.05, 0) is 40.5 Å². The first kappa shape index (κ1) is 26.6. The minimum atomic E-state index is -2.75. The molecule has 2 aromatic heterocycles. The summed E-state index contributed by atoms with van der Waals surface area (Å²) in [6.07, 6.45) is -1.76. The number of halogens is 2. The van der Waals surface area contributed by atoms with Gasteiger partial charge >= 0.3 is 6.09 Å². The Labute approximate surface area is 213 Å². The van der Waals surface area contributed by atoms with Gasteiger partial charge in [0.25, 0.3) is 0 Å². The first-order valence-corrected chi connectivity index (χ1v) is 13.1. The van der Waals surface area contributed by atoms with Crippen LogP contribution in [-0.4, -0.2) is 70.0 Å². The summed E-state index contributed by atoms with van der Waals surface area (Å²) in [6, 6.07) is 1.21. The first-order chi connectivity index (χ1) is 16.9. The standard InChI is InChI=1S/C24H33F2N5O4S/c1-15(32)17-14-36-21(27-17)20-28-18(30-9-11-34-12-10-30)13-19(29-20)31(22(33)35-23(2,3)4)16-5-7-24(25,26)8-6-16/h13-16,32H,5-12H2,1-4H3. The quantitative estimate of drug-likeness (QED) is 0.594.